The lowest BCUT2D eigenvalue weighted by molar-refractivity contribution is -0.133. The van der Waals surface area contributed by atoms with E-state index in [0.717, 1.165) is 10.6 Å². The van der Waals surface area contributed by atoms with Crippen molar-refractivity contribution in [2.24, 2.45) is 0 Å². The van der Waals surface area contributed by atoms with Gasteiger partial charge in [-0.05, 0) is 55.5 Å². The van der Waals surface area contributed by atoms with E-state index in [9.17, 15) is 26.8 Å². The van der Waals surface area contributed by atoms with Crippen LogP contribution in [-0.2, 0) is 14.8 Å². The minimum atomic E-state index is -3.80. The molecule has 2 unspecified atom stereocenters. The van der Waals surface area contributed by atoms with Gasteiger partial charge in [0.2, 0.25) is 10.0 Å². The Labute approximate surface area is 281 Å². The van der Waals surface area contributed by atoms with Crippen LogP contribution < -0.4 is 19.7 Å². The summed E-state index contributed by atoms with van der Waals surface area (Å²) in [4.78, 5) is 32.8. The van der Waals surface area contributed by atoms with Gasteiger partial charge in [-0.2, -0.15) is 0 Å². The summed E-state index contributed by atoms with van der Waals surface area (Å²) in [6, 6.07) is 11.9. The summed E-state index contributed by atoms with van der Waals surface area (Å²) in [6.07, 6.45) is 5.80. The van der Waals surface area contributed by atoms with Crippen molar-refractivity contribution in [2.75, 3.05) is 31.7 Å². The van der Waals surface area contributed by atoms with Crippen molar-refractivity contribution in [3.05, 3.63) is 95.6 Å². The number of nitrogens with zero attached hydrogens (tertiary/aromatic N) is 3. The Balaban J connectivity index is 1.56. The SMILES string of the molecule is CNC(=O)c1c(-c2ccc(F)cc2)oc2cc(N(C)S(C)(=O)=O)c(-c3ccc4c(n3)C3=CC/C(=C\C=C/C(C)F)N3C(C(=O)NC)O4)cc12. The van der Waals surface area contributed by atoms with Crippen molar-refractivity contribution in [1.29, 1.82) is 0 Å². The van der Waals surface area contributed by atoms with Crippen LogP contribution >= 0.6 is 0 Å². The fourth-order valence-electron chi connectivity index (χ4n) is 5.78. The first-order valence-corrected chi connectivity index (χ1v) is 17.1. The number of pyridine rings is 1. The highest BCUT2D eigenvalue weighted by molar-refractivity contribution is 7.92. The van der Waals surface area contributed by atoms with Crippen LogP contribution in [0.2, 0.25) is 0 Å². The summed E-state index contributed by atoms with van der Waals surface area (Å²) in [6.45, 7) is 1.41. The van der Waals surface area contributed by atoms with Crippen molar-refractivity contribution in [2.45, 2.75) is 25.7 Å². The van der Waals surface area contributed by atoms with Crippen LogP contribution in [0, 0.1) is 5.82 Å². The van der Waals surface area contributed by atoms with Crippen LogP contribution in [0.15, 0.2) is 82.9 Å². The lowest BCUT2D eigenvalue weighted by Crippen LogP contribution is -2.49. The molecule has 2 amide bonds. The minimum Gasteiger partial charge on any atom is -0.458 e. The summed E-state index contributed by atoms with van der Waals surface area (Å²) in [5, 5.41) is 5.61. The number of fused-ring (bicyclic) bond motifs is 4. The number of anilines is 1. The van der Waals surface area contributed by atoms with Crippen molar-refractivity contribution < 1.29 is 35.9 Å². The number of carbonyl (C=O) groups is 2. The molecule has 6 rings (SSSR count). The van der Waals surface area contributed by atoms with Gasteiger partial charge >= 0.3 is 0 Å². The number of aromatic nitrogens is 1. The van der Waals surface area contributed by atoms with Gasteiger partial charge in [0.1, 0.15) is 29.0 Å². The largest absolute Gasteiger partial charge is 0.458 e. The molecular formula is C35H33F2N5O6S. The fourth-order valence-corrected chi connectivity index (χ4v) is 6.29. The summed E-state index contributed by atoms with van der Waals surface area (Å²) in [5.74, 6) is -0.843. The number of halogens is 2. The molecule has 2 aromatic heterocycles. The van der Waals surface area contributed by atoms with Gasteiger partial charge < -0.3 is 19.8 Å². The zero-order chi connectivity index (χ0) is 35.2. The van der Waals surface area contributed by atoms with Crippen molar-refractivity contribution in [3.8, 4) is 28.3 Å². The second-order valence-corrected chi connectivity index (χ2v) is 13.5. The fraction of sp³-hybridized carbons (Fsp3) is 0.229. The third-order valence-electron chi connectivity index (χ3n) is 8.26. The first-order chi connectivity index (χ1) is 23.3. The number of hydrogen-bond donors (Lipinski definition) is 2. The molecule has 49 heavy (non-hydrogen) atoms. The van der Waals surface area contributed by atoms with Gasteiger partial charge in [-0.1, -0.05) is 18.2 Å². The molecule has 0 saturated heterocycles. The number of carbonyl (C=O) groups excluding carboxylic acids is 2. The molecule has 2 aliphatic heterocycles. The van der Waals surface area contributed by atoms with Gasteiger partial charge in [0.25, 0.3) is 18.0 Å². The molecule has 2 atom stereocenters. The van der Waals surface area contributed by atoms with Crippen LogP contribution in [0.4, 0.5) is 14.5 Å². The third kappa shape index (κ3) is 6.15. The van der Waals surface area contributed by atoms with E-state index < -0.39 is 40.1 Å². The molecule has 4 aromatic rings. The number of benzene rings is 2. The molecule has 2 aromatic carbocycles. The Hall–Kier alpha value is -5.50. The van der Waals surface area contributed by atoms with Crippen LogP contribution in [0.3, 0.4) is 0 Å². The first-order valence-electron chi connectivity index (χ1n) is 15.3. The Kier molecular flexibility index (Phi) is 8.75. The number of rotatable bonds is 8. The molecule has 2 aliphatic rings. The summed E-state index contributed by atoms with van der Waals surface area (Å²) in [7, 11) is 0.561. The number of hydrogen-bond acceptors (Lipinski definition) is 8. The lowest BCUT2D eigenvalue weighted by atomic mass is 10.00. The molecule has 0 radical (unpaired) electrons. The molecule has 254 valence electrons. The number of likely N-dealkylation sites (N-methyl/N-ethyl adjacent to an activating group) is 1. The van der Waals surface area contributed by atoms with Gasteiger partial charge in [0, 0.05) is 55.8 Å². The molecule has 2 N–H and O–H groups in total. The van der Waals surface area contributed by atoms with E-state index in [0.29, 0.717) is 51.5 Å². The van der Waals surface area contributed by atoms with Crippen LogP contribution in [0.25, 0.3) is 39.2 Å². The maximum absolute atomic E-state index is 13.8. The Bertz CT molecular complexity index is 2190. The van der Waals surface area contributed by atoms with Gasteiger partial charge in [0.15, 0.2) is 5.75 Å². The van der Waals surface area contributed by atoms with Crippen molar-refractivity contribution in [1.82, 2.24) is 20.5 Å². The lowest BCUT2D eigenvalue weighted by Gasteiger charge is -2.36. The number of furan rings is 1. The number of alkyl halides is 1. The second kappa shape index (κ2) is 12.8. The normalized spacial score (nSPS) is 17.0. The molecule has 14 heteroatoms. The van der Waals surface area contributed by atoms with Crippen molar-refractivity contribution in [3.63, 3.8) is 0 Å². The van der Waals surface area contributed by atoms with Crippen LogP contribution in [-0.4, -0.2) is 69.9 Å². The molecule has 0 saturated carbocycles. The van der Waals surface area contributed by atoms with Crippen LogP contribution in [0.5, 0.6) is 5.75 Å². The standard InChI is InChI=1S/C35H33F2N5O6S/c1-19(36)7-6-8-22-13-15-26-31-28(48-35(42(22)26)34(44)39-3)16-14-25(40-31)23-17-24-29(18-27(23)41(4)49(5,45)46)47-32(30(24)33(43)38-2)20-9-11-21(37)12-10-20/h6-12,14-19,35H,13H2,1-5H3,(H,38,43)(H,39,44)/b7-6-,22-8+. The number of amides is 2. The van der Waals surface area contributed by atoms with Gasteiger partial charge in [-0.15, -0.1) is 0 Å². The van der Waals surface area contributed by atoms with E-state index in [4.69, 9.17) is 14.1 Å². The average molecular weight is 690 g/mol. The monoisotopic (exact) mass is 689 g/mol. The average Bonchev–Trinajstić information content (AvgIpc) is 3.67. The smallest absolute Gasteiger partial charge is 0.282 e. The second-order valence-electron chi connectivity index (χ2n) is 11.5. The molecule has 0 spiro atoms. The zero-order valence-electron chi connectivity index (χ0n) is 27.2. The summed E-state index contributed by atoms with van der Waals surface area (Å²) in [5.41, 5.74) is 3.39. The molecule has 4 heterocycles. The van der Waals surface area contributed by atoms with E-state index >= 15 is 0 Å². The quantitative estimate of drug-likeness (QED) is 0.253. The van der Waals surface area contributed by atoms with E-state index in [1.165, 1.54) is 64.5 Å². The molecular weight excluding hydrogens is 656 g/mol. The summed E-state index contributed by atoms with van der Waals surface area (Å²) < 4.78 is 66.4. The summed E-state index contributed by atoms with van der Waals surface area (Å²) >= 11 is 0. The Morgan fingerprint density at radius 1 is 1.12 bits per heavy atom. The number of ether oxygens (including phenoxy) is 1. The highest BCUT2D eigenvalue weighted by Crippen LogP contribution is 2.45. The van der Waals surface area contributed by atoms with E-state index in [2.05, 4.69) is 10.6 Å². The van der Waals surface area contributed by atoms with Gasteiger partial charge in [-0.25, -0.2) is 22.2 Å². The van der Waals surface area contributed by atoms with Gasteiger partial charge in [0.05, 0.1) is 28.9 Å². The maximum atomic E-state index is 13.8. The predicted molar refractivity (Wildman–Crippen MR) is 182 cm³/mol. The molecule has 0 fully saturated rings. The molecule has 0 bridgehead atoms. The zero-order valence-corrected chi connectivity index (χ0v) is 28.1. The van der Waals surface area contributed by atoms with Crippen molar-refractivity contribution >= 4 is 44.2 Å². The number of sulfonamides is 1. The Morgan fingerprint density at radius 3 is 2.51 bits per heavy atom. The van der Waals surface area contributed by atoms with E-state index in [1.807, 2.05) is 6.08 Å². The van der Waals surface area contributed by atoms with E-state index in [1.54, 1.807) is 35.3 Å². The van der Waals surface area contributed by atoms with Gasteiger partial charge in [-0.3, -0.25) is 18.8 Å². The third-order valence-corrected chi connectivity index (χ3v) is 9.45. The Morgan fingerprint density at radius 2 is 1.86 bits per heavy atom. The minimum absolute atomic E-state index is 0.170. The topological polar surface area (TPSA) is 134 Å². The maximum Gasteiger partial charge on any atom is 0.282 e. The predicted octanol–water partition coefficient (Wildman–Crippen LogP) is 5.37. The molecule has 11 nitrogen and oxygen atoms in total. The van der Waals surface area contributed by atoms with E-state index in [-0.39, 0.29) is 22.6 Å². The first kappa shape index (κ1) is 33.4. The molecule has 0 aliphatic carbocycles. The highest BCUT2D eigenvalue weighted by atomic mass is 32.2. The number of nitrogens with one attached hydrogen (secondary N) is 2. The number of allylic oxidation sites excluding steroid dienone is 4. The highest BCUT2D eigenvalue weighted by Gasteiger charge is 2.41. The van der Waals surface area contributed by atoms with Crippen LogP contribution in [0.1, 0.15) is 29.4 Å².